The third-order valence-electron chi connectivity index (χ3n) is 4.80. The molecule has 2 fully saturated rings. The second-order valence-electron chi connectivity index (χ2n) is 7.09. The monoisotopic (exact) mass is 372 g/mol. The Labute approximate surface area is 162 Å². The van der Waals surface area contributed by atoms with Crippen LogP contribution in [0.5, 0.6) is 0 Å². The number of hydrogen-bond donors (Lipinski definition) is 2. The second kappa shape index (κ2) is 11.2. The molecule has 0 aromatic heterocycles. The summed E-state index contributed by atoms with van der Waals surface area (Å²) in [6.45, 7) is 1.33. The van der Waals surface area contributed by atoms with E-state index in [-0.39, 0.29) is 31.8 Å². The average Bonchev–Trinajstić information content (AvgIpc) is 2.63. The number of hydrogen-bond acceptors (Lipinski definition) is 4. The SMILES string of the molecule is C.OC1CC(OCc2ccccc2)C1.OC1CC(OCc2ccccc2)C1. The van der Waals surface area contributed by atoms with Crippen LogP contribution in [-0.2, 0) is 22.7 Å². The van der Waals surface area contributed by atoms with Crippen LogP contribution in [0.1, 0.15) is 44.2 Å². The van der Waals surface area contributed by atoms with Crippen molar-refractivity contribution in [2.45, 2.75) is 70.7 Å². The van der Waals surface area contributed by atoms with Crippen LogP contribution < -0.4 is 0 Å². The van der Waals surface area contributed by atoms with Crippen LogP contribution in [-0.4, -0.2) is 34.6 Å². The molecule has 2 saturated carbocycles. The van der Waals surface area contributed by atoms with Crippen LogP contribution in [0.2, 0.25) is 0 Å². The number of aliphatic hydroxyl groups excluding tert-OH is 2. The fourth-order valence-electron chi connectivity index (χ4n) is 2.92. The second-order valence-corrected chi connectivity index (χ2v) is 7.09. The van der Waals surface area contributed by atoms with Gasteiger partial charge >= 0.3 is 0 Å². The summed E-state index contributed by atoms with van der Waals surface area (Å²) < 4.78 is 11.1. The Morgan fingerprint density at radius 1 is 0.630 bits per heavy atom. The predicted octanol–water partition coefficient (Wildman–Crippen LogP) is 4.09. The minimum absolute atomic E-state index is 0. The van der Waals surface area contributed by atoms with Crippen LogP contribution >= 0.6 is 0 Å². The Morgan fingerprint density at radius 2 is 0.963 bits per heavy atom. The zero-order valence-electron chi connectivity index (χ0n) is 15.0. The van der Waals surface area contributed by atoms with E-state index in [0.717, 1.165) is 25.7 Å². The quantitative estimate of drug-likeness (QED) is 0.802. The van der Waals surface area contributed by atoms with Crippen molar-refractivity contribution >= 4 is 0 Å². The van der Waals surface area contributed by atoms with Gasteiger partial charge in [0, 0.05) is 0 Å². The van der Waals surface area contributed by atoms with Crippen molar-refractivity contribution in [3.63, 3.8) is 0 Å². The third-order valence-corrected chi connectivity index (χ3v) is 4.80. The molecule has 4 nitrogen and oxygen atoms in total. The number of ether oxygens (including phenoxy) is 2. The van der Waals surface area contributed by atoms with E-state index in [0.29, 0.717) is 13.2 Å². The maximum atomic E-state index is 9.04. The van der Waals surface area contributed by atoms with Gasteiger partial charge in [0.05, 0.1) is 37.6 Å². The summed E-state index contributed by atoms with van der Waals surface area (Å²) in [7, 11) is 0. The van der Waals surface area contributed by atoms with Crippen molar-refractivity contribution in [3.8, 4) is 0 Å². The Balaban J connectivity index is 0.000000187. The molecular weight excluding hydrogens is 340 g/mol. The number of benzene rings is 2. The van der Waals surface area contributed by atoms with E-state index in [1.165, 1.54) is 11.1 Å². The summed E-state index contributed by atoms with van der Waals surface area (Å²) in [6, 6.07) is 20.2. The molecule has 0 saturated heterocycles. The standard InChI is InChI=1S/2C11H14O2.CH4/c2*12-10-6-11(7-10)13-8-9-4-2-1-3-5-9;/h2*1-5,10-12H,6-8H2;1H4. The van der Waals surface area contributed by atoms with Gasteiger partial charge in [-0.1, -0.05) is 68.1 Å². The summed E-state index contributed by atoms with van der Waals surface area (Å²) in [4.78, 5) is 0. The van der Waals surface area contributed by atoms with Crippen molar-refractivity contribution < 1.29 is 19.7 Å². The van der Waals surface area contributed by atoms with Crippen LogP contribution in [0, 0.1) is 0 Å². The smallest absolute Gasteiger partial charge is 0.0720 e. The molecule has 0 heterocycles. The molecule has 0 unspecified atom stereocenters. The molecule has 2 N–H and O–H groups in total. The van der Waals surface area contributed by atoms with E-state index in [9.17, 15) is 0 Å². The Hall–Kier alpha value is -1.72. The average molecular weight is 373 g/mol. The Morgan fingerprint density at radius 3 is 1.26 bits per heavy atom. The molecule has 0 amide bonds. The lowest BCUT2D eigenvalue weighted by Gasteiger charge is -2.31. The number of rotatable bonds is 6. The summed E-state index contributed by atoms with van der Waals surface area (Å²) in [5.41, 5.74) is 2.40. The van der Waals surface area contributed by atoms with Gasteiger partial charge in [-0.25, -0.2) is 0 Å². The largest absolute Gasteiger partial charge is 0.393 e. The molecule has 0 spiro atoms. The molecule has 2 aliphatic carbocycles. The maximum absolute atomic E-state index is 9.04. The molecule has 0 bridgehead atoms. The normalized spacial score (nSPS) is 25.9. The van der Waals surface area contributed by atoms with E-state index in [1.807, 2.05) is 36.4 Å². The van der Waals surface area contributed by atoms with Gasteiger partial charge < -0.3 is 19.7 Å². The summed E-state index contributed by atoms with van der Waals surface area (Å²) in [5.74, 6) is 0. The highest BCUT2D eigenvalue weighted by atomic mass is 16.5. The van der Waals surface area contributed by atoms with Gasteiger partial charge in [-0.05, 0) is 36.8 Å². The van der Waals surface area contributed by atoms with E-state index < -0.39 is 0 Å². The molecule has 27 heavy (non-hydrogen) atoms. The molecule has 0 atom stereocenters. The minimum Gasteiger partial charge on any atom is -0.393 e. The van der Waals surface area contributed by atoms with Gasteiger partial charge in [-0.2, -0.15) is 0 Å². The van der Waals surface area contributed by atoms with Crippen molar-refractivity contribution in [1.29, 1.82) is 0 Å². The first-order valence-corrected chi connectivity index (χ1v) is 9.36. The lowest BCUT2D eigenvalue weighted by atomic mass is 9.92. The topological polar surface area (TPSA) is 58.9 Å². The first kappa shape index (κ1) is 21.6. The van der Waals surface area contributed by atoms with Gasteiger partial charge in [0.1, 0.15) is 0 Å². The van der Waals surface area contributed by atoms with E-state index in [1.54, 1.807) is 0 Å². The lowest BCUT2D eigenvalue weighted by Crippen LogP contribution is -2.35. The van der Waals surface area contributed by atoms with Crippen molar-refractivity contribution in [1.82, 2.24) is 0 Å². The lowest BCUT2D eigenvalue weighted by molar-refractivity contribution is -0.0781. The van der Waals surface area contributed by atoms with Crippen LogP contribution in [0.4, 0.5) is 0 Å². The number of aliphatic hydroxyl groups is 2. The fraction of sp³-hybridized carbons (Fsp3) is 0.478. The molecule has 4 rings (SSSR count). The predicted molar refractivity (Wildman–Crippen MR) is 107 cm³/mol. The highest BCUT2D eigenvalue weighted by Crippen LogP contribution is 2.24. The molecule has 2 aliphatic rings. The van der Waals surface area contributed by atoms with Gasteiger partial charge in [0.2, 0.25) is 0 Å². The van der Waals surface area contributed by atoms with E-state index in [4.69, 9.17) is 19.7 Å². The first-order valence-electron chi connectivity index (χ1n) is 9.36. The Bertz CT molecular complexity index is 562. The molecule has 2 aromatic carbocycles. The minimum atomic E-state index is -0.124. The van der Waals surface area contributed by atoms with Crippen LogP contribution in [0.25, 0.3) is 0 Å². The van der Waals surface area contributed by atoms with E-state index in [2.05, 4.69) is 24.3 Å². The molecule has 4 heteroatoms. The van der Waals surface area contributed by atoms with Gasteiger partial charge in [0.25, 0.3) is 0 Å². The highest BCUT2D eigenvalue weighted by molar-refractivity contribution is 5.14. The molecule has 148 valence electrons. The molecule has 0 aliphatic heterocycles. The van der Waals surface area contributed by atoms with E-state index >= 15 is 0 Å². The van der Waals surface area contributed by atoms with Crippen LogP contribution in [0.3, 0.4) is 0 Å². The first-order chi connectivity index (χ1) is 12.7. The van der Waals surface area contributed by atoms with Crippen molar-refractivity contribution in [2.75, 3.05) is 0 Å². The highest BCUT2D eigenvalue weighted by Gasteiger charge is 2.28. The van der Waals surface area contributed by atoms with Gasteiger partial charge in [-0.3, -0.25) is 0 Å². The summed E-state index contributed by atoms with van der Waals surface area (Å²) >= 11 is 0. The zero-order chi connectivity index (χ0) is 18.2. The summed E-state index contributed by atoms with van der Waals surface area (Å²) in [6.07, 6.45) is 3.49. The molecule has 2 aromatic rings. The fourth-order valence-corrected chi connectivity index (χ4v) is 2.92. The van der Waals surface area contributed by atoms with Gasteiger partial charge in [0.15, 0.2) is 0 Å². The van der Waals surface area contributed by atoms with Crippen molar-refractivity contribution in [3.05, 3.63) is 71.8 Å². The third kappa shape index (κ3) is 7.43. The molecular formula is C23H32O4. The molecule has 0 radical (unpaired) electrons. The summed E-state index contributed by atoms with van der Waals surface area (Å²) in [5, 5.41) is 18.1. The zero-order valence-corrected chi connectivity index (χ0v) is 15.0. The van der Waals surface area contributed by atoms with Crippen molar-refractivity contribution in [2.24, 2.45) is 0 Å². The maximum Gasteiger partial charge on any atom is 0.0720 e. The Kier molecular flexibility index (Phi) is 8.95. The van der Waals surface area contributed by atoms with Gasteiger partial charge in [-0.15, -0.1) is 0 Å². The van der Waals surface area contributed by atoms with Crippen LogP contribution in [0.15, 0.2) is 60.7 Å².